The van der Waals surface area contributed by atoms with Crippen LogP contribution < -0.4 is 5.32 Å². The van der Waals surface area contributed by atoms with Crippen LogP contribution in [0.2, 0.25) is 0 Å². The molecule has 1 aromatic heterocycles. The molecule has 2 amide bonds. The molecule has 100 valence electrons. The third kappa shape index (κ3) is 3.75. The zero-order valence-electron chi connectivity index (χ0n) is 10.9. The highest BCUT2D eigenvalue weighted by atomic mass is 32.1. The van der Waals surface area contributed by atoms with E-state index in [2.05, 4.69) is 15.5 Å². The van der Waals surface area contributed by atoms with Crippen LogP contribution >= 0.6 is 11.3 Å². The van der Waals surface area contributed by atoms with Crippen LogP contribution in [0.25, 0.3) is 0 Å². The average molecular weight is 276 g/mol. The average Bonchev–Trinajstić information content (AvgIpc) is 2.89. The minimum atomic E-state index is -0.157. The van der Waals surface area contributed by atoms with Crippen molar-refractivity contribution >= 4 is 22.5 Å². The number of nitrogens with one attached hydrogen (secondary N) is 1. The third-order valence-electron chi connectivity index (χ3n) is 2.65. The lowest BCUT2D eigenvalue weighted by Crippen LogP contribution is -2.39. The van der Waals surface area contributed by atoms with Crippen molar-refractivity contribution in [3.8, 4) is 0 Å². The van der Waals surface area contributed by atoms with Crippen LogP contribution in [0.1, 0.15) is 19.4 Å². The van der Waals surface area contributed by atoms with Gasteiger partial charge in [-0.3, -0.25) is 5.32 Å². The van der Waals surface area contributed by atoms with Crippen LogP contribution in [0.5, 0.6) is 0 Å². The fourth-order valence-electron chi connectivity index (χ4n) is 1.66. The Morgan fingerprint density at radius 2 is 2.11 bits per heavy atom. The molecule has 1 N–H and O–H groups in total. The molecule has 0 aliphatic heterocycles. The lowest BCUT2D eigenvalue weighted by Gasteiger charge is -2.26. The van der Waals surface area contributed by atoms with Crippen molar-refractivity contribution in [1.82, 2.24) is 15.1 Å². The monoisotopic (exact) mass is 276 g/mol. The summed E-state index contributed by atoms with van der Waals surface area (Å²) in [6, 6.07) is 9.86. The standard InChI is InChI=1S/C13H16N4OS/c1-10(2)17(8-11-6-4-3-5-7-11)13(18)15-12-16-14-9-19-12/h3-7,9-10H,8H2,1-2H3,(H,15,16,18). The highest BCUT2D eigenvalue weighted by Crippen LogP contribution is 2.13. The molecule has 0 saturated carbocycles. The number of rotatable bonds is 4. The number of urea groups is 1. The summed E-state index contributed by atoms with van der Waals surface area (Å²) in [4.78, 5) is 14.0. The number of nitrogens with zero attached hydrogens (tertiary/aromatic N) is 3. The molecular formula is C13H16N4OS. The van der Waals surface area contributed by atoms with E-state index in [-0.39, 0.29) is 12.1 Å². The van der Waals surface area contributed by atoms with Crippen LogP contribution in [0.15, 0.2) is 35.8 Å². The van der Waals surface area contributed by atoms with Gasteiger partial charge in [0.2, 0.25) is 5.13 Å². The van der Waals surface area contributed by atoms with Gasteiger partial charge in [0.05, 0.1) is 0 Å². The van der Waals surface area contributed by atoms with Crippen LogP contribution in [-0.2, 0) is 6.54 Å². The Labute approximate surface area is 116 Å². The van der Waals surface area contributed by atoms with E-state index in [1.807, 2.05) is 44.2 Å². The fraction of sp³-hybridized carbons (Fsp3) is 0.308. The summed E-state index contributed by atoms with van der Waals surface area (Å²) >= 11 is 1.31. The van der Waals surface area contributed by atoms with Crippen molar-refractivity contribution in [2.24, 2.45) is 0 Å². The summed E-state index contributed by atoms with van der Waals surface area (Å²) in [5.41, 5.74) is 2.69. The lowest BCUT2D eigenvalue weighted by molar-refractivity contribution is 0.193. The van der Waals surface area contributed by atoms with Gasteiger partial charge >= 0.3 is 6.03 Å². The Kier molecular flexibility index (Phi) is 4.46. The number of hydrogen-bond acceptors (Lipinski definition) is 4. The van der Waals surface area contributed by atoms with Gasteiger partial charge in [-0.2, -0.15) is 0 Å². The lowest BCUT2D eigenvalue weighted by atomic mass is 10.2. The molecule has 0 bridgehead atoms. The minimum absolute atomic E-state index is 0.105. The number of carbonyl (C=O) groups is 1. The molecule has 0 aliphatic carbocycles. The van der Waals surface area contributed by atoms with Gasteiger partial charge in [0.25, 0.3) is 0 Å². The van der Waals surface area contributed by atoms with Gasteiger partial charge in [-0.15, -0.1) is 10.2 Å². The van der Waals surface area contributed by atoms with Gasteiger partial charge in [-0.05, 0) is 19.4 Å². The first-order valence-corrected chi connectivity index (χ1v) is 6.92. The quantitative estimate of drug-likeness (QED) is 0.934. The van der Waals surface area contributed by atoms with Crippen molar-refractivity contribution in [2.45, 2.75) is 26.4 Å². The molecule has 0 saturated heterocycles. The molecule has 2 aromatic rings. The normalized spacial score (nSPS) is 10.5. The highest BCUT2D eigenvalue weighted by Gasteiger charge is 2.18. The summed E-state index contributed by atoms with van der Waals surface area (Å²) < 4.78 is 0. The van der Waals surface area contributed by atoms with E-state index in [0.29, 0.717) is 11.7 Å². The maximum atomic E-state index is 12.2. The van der Waals surface area contributed by atoms with Crippen LogP contribution in [0, 0.1) is 0 Å². The van der Waals surface area contributed by atoms with Crippen molar-refractivity contribution in [3.05, 3.63) is 41.4 Å². The number of aromatic nitrogens is 2. The van der Waals surface area contributed by atoms with E-state index >= 15 is 0 Å². The Bertz CT molecular complexity index is 513. The molecule has 0 radical (unpaired) electrons. The van der Waals surface area contributed by atoms with E-state index in [4.69, 9.17) is 0 Å². The highest BCUT2D eigenvalue weighted by molar-refractivity contribution is 7.13. The second kappa shape index (κ2) is 6.29. The van der Waals surface area contributed by atoms with Crippen molar-refractivity contribution < 1.29 is 4.79 Å². The Morgan fingerprint density at radius 3 is 2.68 bits per heavy atom. The first kappa shape index (κ1) is 13.5. The predicted octanol–water partition coefficient (Wildman–Crippen LogP) is 2.98. The van der Waals surface area contributed by atoms with E-state index in [1.54, 1.807) is 10.4 Å². The summed E-state index contributed by atoms with van der Waals surface area (Å²) in [6.45, 7) is 4.55. The smallest absolute Gasteiger partial charge is 0.318 e. The first-order chi connectivity index (χ1) is 9.16. The summed E-state index contributed by atoms with van der Waals surface area (Å²) in [5.74, 6) is 0. The Hall–Kier alpha value is -1.95. The maximum Gasteiger partial charge on any atom is 0.324 e. The zero-order valence-corrected chi connectivity index (χ0v) is 11.7. The van der Waals surface area contributed by atoms with Crippen LogP contribution in [-0.4, -0.2) is 27.2 Å². The SMILES string of the molecule is CC(C)N(Cc1ccccc1)C(=O)Nc1nncs1. The first-order valence-electron chi connectivity index (χ1n) is 6.04. The predicted molar refractivity (Wildman–Crippen MR) is 76.0 cm³/mol. The molecular weight excluding hydrogens is 260 g/mol. The molecule has 0 unspecified atom stereocenters. The summed E-state index contributed by atoms with van der Waals surface area (Å²) in [6.07, 6.45) is 0. The van der Waals surface area contributed by atoms with Gasteiger partial charge in [-0.25, -0.2) is 4.79 Å². The van der Waals surface area contributed by atoms with E-state index in [0.717, 1.165) is 5.56 Å². The number of carbonyl (C=O) groups excluding carboxylic acids is 1. The van der Waals surface area contributed by atoms with E-state index < -0.39 is 0 Å². The van der Waals surface area contributed by atoms with Crippen molar-refractivity contribution in [1.29, 1.82) is 0 Å². The van der Waals surface area contributed by atoms with E-state index in [9.17, 15) is 4.79 Å². The molecule has 0 fully saturated rings. The van der Waals surface area contributed by atoms with Gasteiger partial charge in [-0.1, -0.05) is 41.7 Å². The van der Waals surface area contributed by atoms with Crippen molar-refractivity contribution in [3.63, 3.8) is 0 Å². The topological polar surface area (TPSA) is 58.1 Å². The molecule has 0 aliphatic rings. The molecule has 1 heterocycles. The zero-order chi connectivity index (χ0) is 13.7. The Balaban J connectivity index is 2.05. The van der Waals surface area contributed by atoms with Gasteiger partial charge in [0, 0.05) is 12.6 Å². The van der Waals surface area contributed by atoms with E-state index in [1.165, 1.54) is 11.3 Å². The molecule has 5 nitrogen and oxygen atoms in total. The minimum Gasteiger partial charge on any atom is -0.318 e. The molecule has 2 rings (SSSR count). The second-order valence-corrected chi connectivity index (χ2v) is 5.21. The summed E-state index contributed by atoms with van der Waals surface area (Å²) in [7, 11) is 0. The number of amides is 2. The molecule has 19 heavy (non-hydrogen) atoms. The molecule has 0 atom stereocenters. The summed E-state index contributed by atoms with van der Waals surface area (Å²) in [5, 5.41) is 10.8. The third-order valence-corrected chi connectivity index (χ3v) is 3.26. The Morgan fingerprint density at radius 1 is 1.37 bits per heavy atom. The van der Waals surface area contributed by atoms with Gasteiger partial charge in [0.1, 0.15) is 5.51 Å². The number of benzene rings is 1. The van der Waals surface area contributed by atoms with Crippen molar-refractivity contribution in [2.75, 3.05) is 5.32 Å². The van der Waals surface area contributed by atoms with Crippen LogP contribution in [0.4, 0.5) is 9.93 Å². The largest absolute Gasteiger partial charge is 0.324 e. The maximum absolute atomic E-state index is 12.2. The molecule has 6 heteroatoms. The molecule has 0 spiro atoms. The molecule has 1 aromatic carbocycles. The number of anilines is 1. The van der Waals surface area contributed by atoms with Gasteiger partial charge in [0.15, 0.2) is 0 Å². The second-order valence-electron chi connectivity index (χ2n) is 4.38. The van der Waals surface area contributed by atoms with Crippen LogP contribution in [0.3, 0.4) is 0 Å². The fourth-order valence-corrected chi connectivity index (χ4v) is 2.09. The number of hydrogen-bond donors (Lipinski definition) is 1. The van der Waals surface area contributed by atoms with Gasteiger partial charge < -0.3 is 4.90 Å².